The van der Waals surface area contributed by atoms with E-state index in [9.17, 15) is 13.2 Å². The van der Waals surface area contributed by atoms with Crippen molar-refractivity contribution < 1.29 is 13.2 Å². The van der Waals surface area contributed by atoms with Gasteiger partial charge in [-0.05, 0) is 35.9 Å². The van der Waals surface area contributed by atoms with Gasteiger partial charge >= 0.3 is 0 Å². The Balaban J connectivity index is 2.08. The Morgan fingerprint density at radius 3 is 2.18 bits per heavy atom. The minimum atomic E-state index is -3.72. The maximum Gasteiger partial charge on any atom is 0.211 e. The monoisotopic (exact) mass is 313 g/mol. The molecule has 0 aromatic heterocycles. The van der Waals surface area contributed by atoms with Crippen LogP contribution in [0.2, 0.25) is 0 Å². The summed E-state index contributed by atoms with van der Waals surface area (Å²) in [6.07, 6.45) is 1.44. The zero-order chi connectivity index (χ0) is 15.9. The number of hydrogen-bond donors (Lipinski definition) is 0. The first-order valence-corrected chi connectivity index (χ1v) is 8.27. The number of ketones is 1. The minimum absolute atomic E-state index is 0.0937. The number of sulfone groups is 1. The van der Waals surface area contributed by atoms with Crippen LogP contribution in [0, 0.1) is 0 Å². The smallest absolute Gasteiger partial charge is 0.211 e. The fourth-order valence-electron chi connectivity index (χ4n) is 2.42. The van der Waals surface area contributed by atoms with E-state index in [2.05, 4.69) is 0 Å². The van der Waals surface area contributed by atoms with Crippen molar-refractivity contribution in [2.45, 2.75) is 4.90 Å². The summed E-state index contributed by atoms with van der Waals surface area (Å²) in [5.74, 6) is -0.438. The number of anilines is 1. The molecule has 5 heteroatoms. The van der Waals surface area contributed by atoms with Crippen LogP contribution < -0.4 is 4.90 Å². The van der Waals surface area contributed by atoms with Crippen LogP contribution in [0.1, 0.15) is 15.9 Å². The van der Waals surface area contributed by atoms with Crippen molar-refractivity contribution in [1.82, 2.24) is 0 Å². The molecule has 0 bridgehead atoms. The molecule has 4 nitrogen and oxygen atoms in total. The van der Waals surface area contributed by atoms with E-state index >= 15 is 0 Å². The number of rotatable bonds is 2. The molecule has 0 N–H and O–H groups in total. The summed E-state index contributed by atoms with van der Waals surface area (Å²) < 4.78 is 25.0. The summed E-state index contributed by atoms with van der Waals surface area (Å²) in [4.78, 5) is 14.2. The normalized spacial score (nSPS) is 17.5. The molecule has 0 unspecified atom stereocenters. The third-order valence-electron chi connectivity index (χ3n) is 3.64. The molecular weight excluding hydrogens is 298 g/mol. The van der Waals surface area contributed by atoms with E-state index in [1.54, 1.807) is 30.3 Å². The van der Waals surface area contributed by atoms with Crippen molar-refractivity contribution in [3.05, 3.63) is 64.6 Å². The molecule has 2 aromatic rings. The average molecular weight is 313 g/mol. The molecular formula is C17H15NO3S. The number of Topliss-reactive ketones (excluding diaryl/α,β-unsaturated/α-hetero) is 1. The molecule has 3 rings (SSSR count). The Morgan fingerprint density at radius 1 is 0.955 bits per heavy atom. The first kappa shape index (κ1) is 14.5. The number of carbonyl (C=O) groups is 1. The van der Waals surface area contributed by atoms with Gasteiger partial charge in [0.15, 0.2) is 0 Å². The number of hydrogen-bond acceptors (Lipinski definition) is 4. The van der Waals surface area contributed by atoms with E-state index in [0.717, 1.165) is 5.69 Å². The fraction of sp³-hybridized carbons (Fsp3) is 0.118. The summed E-state index contributed by atoms with van der Waals surface area (Å²) in [6, 6.07) is 13.7. The predicted molar refractivity (Wildman–Crippen MR) is 86.7 cm³/mol. The highest BCUT2D eigenvalue weighted by Gasteiger charge is 2.38. The summed E-state index contributed by atoms with van der Waals surface area (Å²) in [5.41, 5.74) is 1.94. The van der Waals surface area contributed by atoms with E-state index in [1.165, 1.54) is 12.1 Å². The Kier molecular flexibility index (Phi) is 3.37. The summed E-state index contributed by atoms with van der Waals surface area (Å²) in [5, 5.41) is 0. The van der Waals surface area contributed by atoms with Crippen LogP contribution in [0.15, 0.2) is 58.3 Å². The SMILES string of the molecule is CN(C)c1ccc(/C=C2/C(=O)c3ccccc3S2(=O)=O)cc1. The van der Waals surface area contributed by atoms with Gasteiger partial charge in [0, 0.05) is 25.3 Å². The lowest BCUT2D eigenvalue weighted by Crippen LogP contribution is -2.08. The summed E-state index contributed by atoms with van der Waals surface area (Å²) >= 11 is 0. The van der Waals surface area contributed by atoms with Crippen LogP contribution in [0.3, 0.4) is 0 Å². The van der Waals surface area contributed by atoms with E-state index in [0.29, 0.717) is 5.56 Å². The molecule has 22 heavy (non-hydrogen) atoms. The van der Waals surface area contributed by atoms with E-state index in [1.807, 2.05) is 31.1 Å². The number of nitrogens with zero attached hydrogens (tertiary/aromatic N) is 1. The lowest BCUT2D eigenvalue weighted by molar-refractivity contribution is 0.104. The lowest BCUT2D eigenvalue weighted by atomic mass is 10.1. The molecule has 0 saturated heterocycles. The third-order valence-corrected chi connectivity index (χ3v) is 5.46. The molecule has 0 saturated carbocycles. The van der Waals surface area contributed by atoms with Crippen molar-refractivity contribution in [1.29, 1.82) is 0 Å². The average Bonchev–Trinajstić information content (AvgIpc) is 2.69. The second-order valence-corrected chi connectivity index (χ2v) is 7.21. The second kappa shape index (κ2) is 5.10. The van der Waals surface area contributed by atoms with Gasteiger partial charge in [0.05, 0.1) is 4.90 Å². The quantitative estimate of drug-likeness (QED) is 0.800. The third kappa shape index (κ3) is 2.23. The van der Waals surface area contributed by atoms with Crippen LogP contribution in [-0.2, 0) is 9.84 Å². The Labute approximate surface area is 129 Å². The van der Waals surface area contributed by atoms with Crippen LogP contribution in [-0.4, -0.2) is 28.3 Å². The maximum absolute atomic E-state index is 12.5. The van der Waals surface area contributed by atoms with Gasteiger partial charge in [-0.15, -0.1) is 0 Å². The highest BCUT2D eigenvalue weighted by atomic mass is 32.2. The number of benzene rings is 2. The van der Waals surface area contributed by atoms with Crippen LogP contribution in [0.4, 0.5) is 5.69 Å². The summed E-state index contributed by atoms with van der Waals surface area (Å²) in [6.45, 7) is 0. The highest BCUT2D eigenvalue weighted by Crippen LogP contribution is 2.34. The van der Waals surface area contributed by atoms with E-state index in [-0.39, 0.29) is 15.4 Å². The largest absolute Gasteiger partial charge is 0.378 e. The van der Waals surface area contributed by atoms with Crippen molar-refractivity contribution in [3.63, 3.8) is 0 Å². The lowest BCUT2D eigenvalue weighted by Gasteiger charge is -2.11. The van der Waals surface area contributed by atoms with Gasteiger partial charge in [-0.25, -0.2) is 8.42 Å². The number of carbonyl (C=O) groups excluding carboxylic acids is 1. The van der Waals surface area contributed by atoms with Gasteiger partial charge in [0.25, 0.3) is 0 Å². The zero-order valence-electron chi connectivity index (χ0n) is 12.3. The van der Waals surface area contributed by atoms with Gasteiger partial charge in [0.2, 0.25) is 15.6 Å². The van der Waals surface area contributed by atoms with E-state index < -0.39 is 15.6 Å². The van der Waals surface area contributed by atoms with Crippen LogP contribution in [0.5, 0.6) is 0 Å². The maximum atomic E-state index is 12.5. The molecule has 1 heterocycles. The van der Waals surface area contributed by atoms with Gasteiger partial charge in [-0.1, -0.05) is 24.3 Å². The first-order valence-electron chi connectivity index (χ1n) is 6.79. The molecule has 0 fully saturated rings. The Hall–Kier alpha value is -2.40. The van der Waals surface area contributed by atoms with Gasteiger partial charge in [-0.3, -0.25) is 4.79 Å². The summed E-state index contributed by atoms with van der Waals surface area (Å²) in [7, 11) is 0.132. The molecule has 0 radical (unpaired) electrons. The molecule has 0 amide bonds. The van der Waals surface area contributed by atoms with Gasteiger partial charge in [-0.2, -0.15) is 0 Å². The van der Waals surface area contributed by atoms with Crippen molar-refractivity contribution in [2.24, 2.45) is 0 Å². The molecule has 2 aromatic carbocycles. The van der Waals surface area contributed by atoms with Crippen molar-refractivity contribution in [3.8, 4) is 0 Å². The molecule has 112 valence electrons. The van der Waals surface area contributed by atoms with Crippen LogP contribution in [0.25, 0.3) is 6.08 Å². The van der Waals surface area contributed by atoms with E-state index in [4.69, 9.17) is 0 Å². The Bertz CT molecular complexity index is 878. The van der Waals surface area contributed by atoms with Crippen molar-refractivity contribution >= 4 is 27.4 Å². The fourth-order valence-corrected chi connectivity index (χ4v) is 4.02. The van der Waals surface area contributed by atoms with Gasteiger partial charge in [0.1, 0.15) is 4.91 Å². The first-order chi connectivity index (χ1) is 10.4. The zero-order valence-corrected chi connectivity index (χ0v) is 13.1. The predicted octanol–water partition coefficient (Wildman–Crippen LogP) is 2.76. The van der Waals surface area contributed by atoms with Crippen LogP contribution >= 0.6 is 0 Å². The van der Waals surface area contributed by atoms with Crippen molar-refractivity contribution in [2.75, 3.05) is 19.0 Å². The number of fused-ring (bicyclic) bond motifs is 1. The second-order valence-electron chi connectivity index (χ2n) is 5.32. The minimum Gasteiger partial charge on any atom is -0.378 e. The highest BCUT2D eigenvalue weighted by molar-refractivity contribution is 7.97. The molecule has 0 spiro atoms. The Morgan fingerprint density at radius 2 is 1.59 bits per heavy atom. The van der Waals surface area contributed by atoms with Gasteiger partial charge < -0.3 is 4.90 Å². The molecule has 1 aliphatic rings. The standard InChI is InChI=1S/C17H15NO3S/c1-18(2)13-9-7-12(8-10-13)11-16-17(19)14-5-3-4-6-15(14)22(16,20)21/h3-11H,1-2H3/b16-11-. The molecule has 0 atom stereocenters. The molecule has 0 aliphatic carbocycles. The topological polar surface area (TPSA) is 54.5 Å². The number of allylic oxidation sites excluding steroid dienone is 1. The molecule has 1 aliphatic heterocycles.